The maximum atomic E-state index is 6.14. The van der Waals surface area contributed by atoms with Crippen LogP contribution in [0.2, 0.25) is 0 Å². The van der Waals surface area contributed by atoms with Gasteiger partial charge in [-0.25, -0.2) is 0 Å². The van der Waals surface area contributed by atoms with Crippen LogP contribution in [0.15, 0.2) is 0 Å². The van der Waals surface area contributed by atoms with Gasteiger partial charge in [0.25, 0.3) is 0 Å². The van der Waals surface area contributed by atoms with Gasteiger partial charge in [0, 0.05) is 12.6 Å². The van der Waals surface area contributed by atoms with E-state index in [0.29, 0.717) is 11.3 Å². The molecule has 1 rings (SSSR count). The van der Waals surface area contributed by atoms with Crippen molar-refractivity contribution >= 4 is 0 Å². The molecular formula is C14H29NO. The Morgan fingerprint density at radius 2 is 2.12 bits per heavy atom. The summed E-state index contributed by atoms with van der Waals surface area (Å²) in [5, 5.41) is 0. The van der Waals surface area contributed by atoms with E-state index in [4.69, 9.17) is 10.5 Å². The van der Waals surface area contributed by atoms with E-state index in [1.807, 2.05) is 0 Å². The van der Waals surface area contributed by atoms with Crippen LogP contribution in [0.5, 0.6) is 0 Å². The predicted molar refractivity (Wildman–Crippen MR) is 69.4 cm³/mol. The van der Waals surface area contributed by atoms with Crippen molar-refractivity contribution in [1.29, 1.82) is 0 Å². The molecule has 0 amide bonds. The monoisotopic (exact) mass is 227 g/mol. The highest BCUT2D eigenvalue weighted by Gasteiger charge is 2.33. The molecule has 1 aliphatic carbocycles. The van der Waals surface area contributed by atoms with Gasteiger partial charge in [0.1, 0.15) is 0 Å². The molecule has 0 aliphatic heterocycles. The van der Waals surface area contributed by atoms with Gasteiger partial charge in [-0.1, -0.05) is 34.1 Å². The third-order valence-electron chi connectivity index (χ3n) is 3.76. The van der Waals surface area contributed by atoms with Gasteiger partial charge in [0.2, 0.25) is 0 Å². The van der Waals surface area contributed by atoms with Crippen molar-refractivity contribution in [3.05, 3.63) is 0 Å². The average Bonchev–Trinajstić information content (AvgIpc) is 2.20. The molecule has 96 valence electrons. The number of hydrogen-bond donors (Lipinski definition) is 1. The predicted octanol–water partition coefficient (Wildman–Crippen LogP) is 3.35. The van der Waals surface area contributed by atoms with Crippen molar-refractivity contribution in [2.45, 2.75) is 71.9 Å². The lowest BCUT2D eigenvalue weighted by atomic mass is 9.74. The largest absolute Gasteiger partial charge is 0.376 e. The standard InChI is InChI=1S/C14H29NO/c1-5-6-11(2)10-16-13-9-14(3,4)8-7-12(13)15/h11-13H,5-10,15H2,1-4H3. The van der Waals surface area contributed by atoms with E-state index in [1.54, 1.807) is 0 Å². The summed E-state index contributed by atoms with van der Waals surface area (Å²) in [6, 6.07) is 0.252. The Balaban J connectivity index is 2.34. The van der Waals surface area contributed by atoms with E-state index in [-0.39, 0.29) is 12.1 Å². The van der Waals surface area contributed by atoms with Crippen LogP contribution in [0.25, 0.3) is 0 Å². The molecule has 3 unspecified atom stereocenters. The van der Waals surface area contributed by atoms with Crippen molar-refractivity contribution in [1.82, 2.24) is 0 Å². The van der Waals surface area contributed by atoms with Crippen molar-refractivity contribution in [2.24, 2.45) is 17.1 Å². The Labute approximate surface area is 101 Å². The van der Waals surface area contributed by atoms with Crippen LogP contribution in [0.1, 0.15) is 59.8 Å². The normalized spacial score (nSPS) is 31.3. The Kier molecular flexibility index (Phi) is 5.26. The van der Waals surface area contributed by atoms with Gasteiger partial charge in [-0.05, 0) is 37.0 Å². The van der Waals surface area contributed by atoms with E-state index >= 15 is 0 Å². The van der Waals surface area contributed by atoms with Gasteiger partial charge in [-0.3, -0.25) is 0 Å². The average molecular weight is 227 g/mol. The molecule has 1 fully saturated rings. The first-order valence-corrected chi connectivity index (χ1v) is 6.82. The van der Waals surface area contributed by atoms with Gasteiger partial charge >= 0.3 is 0 Å². The zero-order chi connectivity index (χ0) is 12.2. The number of nitrogens with two attached hydrogens (primary N) is 1. The van der Waals surface area contributed by atoms with Crippen LogP contribution < -0.4 is 5.73 Å². The summed E-state index contributed by atoms with van der Waals surface area (Å²) < 4.78 is 6.02. The fourth-order valence-electron chi connectivity index (χ4n) is 2.59. The van der Waals surface area contributed by atoms with Gasteiger partial charge < -0.3 is 10.5 Å². The number of rotatable bonds is 5. The second kappa shape index (κ2) is 6.02. The van der Waals surface area contributed by atoms with Crippen LogP contribution in [0.3, 0.4) is 0 Å². The van der Waals surface area contributed by atoms with E-state index in [1.165, 1.54) is 19.3 Å². The molecular weight excluding hydrogens is 198 g/mol. The number of hydrogen-bond acceptors (Lipinski definition) is 2. The Bertz CT molecular complexity index is 203. The van der Waals surface area contributed by atoms with Crippen molar-refractivity contribution in [2.75, 3.05) is 6.61 Å². The second-order valence-corrected chi connectivity index (χ2v) is 6.34. The van der Waals surface area contributed by atoms with Gasteiger partial charge in [-0.15, -0.1) is 0 Å². The summed E-state index contributed by atoms with van der Waals surface area (Å²) >= 11 is 0. The van der Waals surface area contributed by atoms with E-state index < -0.39 is 0 Å². The minimum Gasteiger partial charge on any atom is -0.376 e. The minimum atomic E-state index is 0.252. The second-order valence-electron chi connectivity index (χ2n) is 6.34. The molecule has 1 aliphatic rings. The van der Waals surface area contributed by atoms with E-state index in [2.05, 4.69) is 27.7 Å². The summed E-state index contributed by atoms with van der Waals surface area (Å²) in [5.74, 6) is 0.669. The lowest BCUT2D eigenvalue weighted by molar-refractivity contribution is -0.0320. The Hall–Kier alpha value is -0.0800. The molecule has 2 N–H and O–H groups in total. The summed E-state index contributed by atoms with van der Waals surface area (Å²) in [4.78, 5) is 0. The molecule has 0 bridgehead atoms. The zero-order valence-corrected chi connectivity index (χ0v) is 11.5. The smallest absolute Gasteiger partial charge is 0.0731 e. The van der Waals surface area contributed by atoms with Gasteiger partial charge in [-0.2, -0.15) is 0 Å². The fourth-order valence-corrected chi connectivity index (χ4v) is 2.59. The highest BCUT2D eigenvalue weighted by atomic mass is 16.5. The molecule has 16 heavy (non-hydrogen) atoms. The maximum Gasteiger partial charge on any atom is 0.0731 e. The van der Waals surface area contributed by atoms with Gasteiger partial charge in [0.05, 0.1) is 6.10 Å². The third kappa shape index (κ3) is 4.42. The van der Waals surface area contributed by atoms with Crippen LogP contribution in [0.4, 0.5) is 0 Å². The molecule has 0 saturated heterocycles. The van der Waals surface area contributed by atoms with Crippen molar-refractivity contribution < 1.29 is 4.74 Å². The summed E-state index contributed by atoms with van der Waals surface area (Å²) in [7, 11) is 0. The van der Waals surface area contributed by atoms with Crippen LogP contribution >= 0.6 is 0 Å². The fraction of sp³-hybridized carbons (Fsp3) is 1.00. The van der Waals surface area contributed by atoms with Crippen molar-refractivity contribution in [3.8, 4) is 0 Å². The maximum absolute atomic E-state index is 6.14. The minimum absolute atomic E-state index is 0.252. The zero-order valence-electron chi connectivity index (χ0n) is 11.5. The highest BCUT2D eigenvalue weighted by molar-refractivity contribution is 4.88. The van der Waals surface area contributed by atoms with Crippen LogP contribution in [-0.4, -0.2) is 18.8 Å². The third-order valence-corrected chi connectivity index (χ3v) is 3.76. The Morgan fingerprint density at radius 3 is 2.75 bits per heavy atom. The quantitative estimate of drug-likeness (QED) is 0.781. The molecule has 2 nitrogen and oxygen atoms in total. The van der Waals surface area contributed by atoms with Gasteiger partial charge in [0.15, 0.2) is 0 Å². The topological polar surface area (TPSA) is 35.2 Å². The van der Waals surface area contributed by atoms with Crippen LogP contribution in [-0.2, 0) is 4.74 Å². The first-order valence-electron chi connectivity index (χ1n) is 6.82. The summed E-state index contributed by atoms with van der Waals surface area (Å²) in [5.41, 5.74) is 6.55. The first kappa shape index (κ1) is 14.0. The van der Waals surface area contributed by atoms with Crippen molar-refractivity contribution in [3.63, 3.8) is 0 Å². The van der Waals surface area contributed by atoms with Crippen LogP contribution in [0, 0.1) is 11.3 Å². The SMILES string of the molecule is CCCC(C)COC1CC(C)(C)CCC1N. The molecule has 0 aromatic heterocycles. The highest BCUT2D eigenvalue weighted by Crippen LogP contribution is 2.36. The Morgan fingerprint density at radius 1 is 1.44 bits per heavy atom. The number of ether oxygens (including phenoxy) is 1. The molecule has 0 aromatic carbocycles. The summed E-state index contributed by atoms with van der Waals surface area (Å²) in [6.07, 6.45) is 6.24. The van der Waals surface area contributed by atoms with E-state index in [9.17, 15) is 0 Å². The lowest BCUT2D eigenvalue weighted by Crippen LogP contribution is -2.45. The van der Waals surface area contributed by atoms with E-state index in [0.717, 1.165) is 19.4 Å². The molecule has 0 heterocycles. The first-order chi connectivity index (χ1) is 7.44. The molecule has 3 atom stereocenters. The molecule has 0 aromatic rings. The molecule has 2 heteroatoms. The molecule has 0 radical (unpaired) electrons. The summed E-state index contributed by atoms with van der Waals surface area (Å²) in [6.45, 7) is 10.0. The molecule has 0 spiro atoms. The molecule has 1 saturated carbocycles. The lowest BCUT2D eigenvalue weighted by Gasteiger charge is -2.39.